The maximum atomic E-state index is 12.9. The van der Waals surface area contributed by atoms with Crippen LogP contribution in [-0.4, -0.2) is 18.8 Å². The van der Waals surface area contributed by atoms with Crippen LogP contribution < -0.4 is 0 Å². The van der Waals surface area contributed by atoms with Crippen LogP contribution in [0.15, 0.2) is 24.3 Å². The molecule has 1 aromatic carbocycles. The van der Waals surface area contributed by atoms with Crippen molar-refractivity contribution in [1.29, 1.82) is 0 Å². The minimum atomic E-state index is -0.223. The van der Waals surface area contributed by atoms with Gasteiger partial charge in [0.1, 0.15) is 5.82 Å². The lowest BCUT2D eigenvalue weighted by molar-refractivity contribution is -0.143. The zero-order valence-electron chi connectivity index (χ0n) is 9.40. The largest absolute Gasteiger partial charge is 0.469 e. The quantitative estimate of drug-likeness (QED) is 0.743. The average Bonchev–Trinajstić information content (AvgIpc) is 2.28. The zero-order chi connectivity index (χ0) is 12.0. The SMILES string of the molecule is COC(=O)C(C)CSCc1cccc(F)c1. The van der Waals surface area contributed by atoms with Crippen molar-refractivity contribution in [2.45, 2.75) is 12.7 Å². The number of esters is 1. The molecule has 0 bridgehead atoms. The number of ether oxygens (including phenoxy) is 1. The van der Waals surface area contributed by atoms with E-state index in [0.29, 0.717) is 11.5 Å². The summed E-state index contributed by atoms with van der Waals surface area (Å²) < 4.78 is 17.5. The lowest BCUT2D eigenvalue weighted by atomic mass is 10.2. The Balaban J connectivity index is 2.33. The number of rotatable bonds is 5. The molecule has 0 fully saturated rings. The first-order valence-electron chi connectivity index (χ1n) is 5.03. The van der Waals surface area contributed by atoms with Crippen LogP contribution in [0.2, 0.25) is 0 Å². The van der Waals surface area contributed by atoms with Gasteiger partial charge in [0, 0.05) is 11.5 Å². The molecule has 16 heavy (non-hydrogen) atoms. The molecule has 1 aromatic rings. The van der Waals surface area contributed by atoms with Gasteiger partial charge < -0.3 is 4.74 Å². The number of halogens is 1. The molecule has 0 aromatic heterocycles. The molecule has 0 N–H and O–H groups in total. The summed E-state index contributed by atoms with van der Waals surface area (Å²) in [7, 11) is 1.38. The smallest absolute Gasteiger partial charge is 0.309 e. The molecule has 0 amide bonds. The number of thioether (sulfide) groups is 1. The predicted molar refractivity (Wildman–Crippen MR) is 63.7 cm³/mol. The highest BCUT2D eigenvalue weighted by Gasteiger charge is 2.12. The molecule has 0 radical (unpaired) electrons. The van der Waals surface area contributed by atoms with Gasteiger partial charge in [0.25, 0.3) is 0 Å². The first-order chi connectivity index (χ1) is 7.63. The van der Waals surface area contributed by atoms with E-state index in [1.807, 2.05) is 13.0 Å². The number of methoxy groups -OCH3 is 1. The first-order valence-corrected chi connectivity index (χ1v) is 6.19. The van der Waals surface area contributed by atoms with Crippen LogP contribution in [0.25, 0.3) is 0 Å². The molecule has 4 heteroatoms. The van der Waals surface area contributed by atoms with Crippen LogP contribution in [0.5, 0.6) is 0 Å². The zero-order valence-corrected chi connectivity index (χ0v) is 10.2. The van der Waals surface area contributed by atoms with E-state index in [1.165, 1.54) is 19.2 Å². The lowest BCUT2D eigenvalue weighted by Crippen LogP contribution is -2.14. The fourth-order valence-corrected chi connectivity index (χ4v) is 2.27. The second-order valence-corrected chi connectivity index (χ2v) is 4.60. The summed E-state index contributed by atoms with van der Waals surface area (Å²) in [5.74, 6) is 0.844. The summed E-state index contributed by atoms with van der Waals surface area (Å²) >= 11 is 1.60. The predicted octanol–water partition coefficient (Wildman–Crippen LogP) is 2.87. The van der Waals surface area contributed by atoms with Gasteiger partial charge in [-0.1, -0.05) is 19.1 Å². The third-order valence-electron chi connectivity index (χ3n) is 2.13. The van der Waals surface area contributed by atoms with Gasteiger partial charge in [0.05, 0.1) is 13.0 Å². The highest BCUT2D eigenvalue weighted by atomic mass is 32.2. The van der Waals surface area contributed by atoms with E-state index in [0.717, 1.165) is 5.56 Å². The van der Waals surface area contributed by atoms with Gasteiger partial charge in [0.2, 0.25) is 0 Å². The van der Waals surface area contributed by atoms with Gasteiger partial charge in [-0.15, -0.1) is 0 Å². The Bertz CT molecular complexity index is 355. The van der Waals surface area contributed by atoms with E-state index >= 15 is 0 Å². The van der Waals surface area contributed by atoms with Crippen molar-refractivity contribution < 1.29 is 13.9 Å². The lowest BCUT2D eigenvalue weighted by Gasteiger charge is -2.08. The Morgan fingerprint density at radius 1 is 1.56 bits per heavy atom. The molecule has 0 saturated heterocycles. The summed E-state index contributed by atoms with van der Waals surface area (Å²) in [6.07, 6.45) is 0. The summed E-state index contributed by atoms with van der Waals surface area (Å²) in [6.45, 7) is 1.82. The fraction of sp³-hybridized carbons (Fsp3) is 0.417. The maximum Gasteiger partial charge on any atom is 0.309 e. The van der Waals surface area contributed by atoms with Crippen molar-refractivity contribution in [1.82, 2.24) is 0 Å². The normalized spacial score (nSPS) is 12.2. The van der Waals surface area contributed by atoms with E-state index in [1.54, 1.807) is 17.8 Å². The van der Waals surface area contributed by atoms with E-state index in [-0.39, 0.29) is 17.7 Å². The molecular weight excluding hydrogens is 227 g/mol. The van der Waals surface area contributed by atoms with Gasteiger partial charge in [0.15, 0.2) is 0 Å². The monoisotopic (exact) mass is 242 g/mol. The van der Waals surface area contributed by atoms with Crippen LogP contribution >= 0.6 is 11.8 Å². The number of hydrogen-bond acceptors (Lipinski definition) is 3. The Morgan fingerprint density at radius 3 is 2.94 bits per heavy atom. The fourth-order valence-electron chi connectivity index (χ4n) is 1.25. The number of benzene rings is 1. The van der Waals surface area contributed by atoms with Gasteiger partial charge in [-0.3, -0.25) is 4.79 Å². The molecule has 0 aliphatic rings. The number of carbonyl (C=O) groups is 1. The summed E-state index contributed by atoms with van der Waals surface area (Å²) in [5, 5.41) is 0. The van der Waals surface area contributed by atoms with Crippen molar-refractivity contribution in [3.8, 4) is 0 Å². The Labute approximate surface area is 99.2 Å². The van der Waals surface area contributed by atoms with Crippen molar-refractivity contribution in [3.05, 3.63) is 35.6 Å². The van der Waals surface area contributed by atoms with Crippen LogP contribution in [0.1, 0.15) is 12.5 Å². The number of hydrogen-bond donors (Lipinski definition) is 0. The van der Waals surface area contributed by atoms with Crippen LogP contribution in [0.4, 0.5) is 4.39 Å². The summed E-state index contributed by atoms with van der Waals surface area (Å²) in [5.41, 5.74) is 0.932. The third kappa shape index (κ3) is 4.23. The Hall–Kier alpha value is -1.03. The van der Waals surface area contributed by atoms with Crippen LogP contribution in [-0.2, 0) is 15.3 Å². The van der Waals surface area contributed by atoms with Crippen molar-refractivity contribution in [3.63, 3.8) is 0 Å². The van der Waals surface area contributed by atoms with E-state index in [2.05, 4.69) is 4.74 Å². The molecule has 0 spiro atoms. The highest BCUT2D eigenvalue weighted by Crippen LogP contribution is 2.16. The van der Waals surface area contributed by atoms with Gasteiger partial charge in [-0.25, -0.2) is 4.39 Å². The standard InChI is InChI=1S/C12H15FO2S/c1-9(12(14)15-2)7-16-8-10-4-3-5-11(13)6-10/h3-6,9H,7-8H2,1-2H3. The topological polar surface area (TPSA) is 26.3 Å². The minimum Gasteiger partial charge on any atom is -0.469 e. The molecule has 1 rings (SSSR count). The molecule has 0 aliphatic heterocycles. The van der Waals surface area contributed by atoms with Crippen molar-refractivity contribution >= 4 is 17.7 Å². The molecule has 88 valence electrons. The first kappa shape index (κ1) is 13.0. The summed E-state index contributed by atoms with van der Waals surface area (Å²) in [6, 6.07) is 6.49. The van der Waals surface area contributed by atoms with Crippen LogP contribution in [0, 0.1) is 11.7 Å². The summed E-state index contributed by atoms with van der Waals surface area (Å²) in [4.78, 5) is 11.1. The van der Waals surface area contributed by atoms with Gasteiger partial charge in [-0.05, 0) is 17.7 Å². The average molecular weight is 242 g/mol. The minimum absolute atomic E-state index is 0.122. The van der Waals surface area contributed by atoms with E-state index in [9.17, 15) is 9.18 Å². The molecular formula is C12H15FO2S. The van der Waals surface area contributed by atoms with Gasteiger partial charge in [-0.2, -0.15) is 11.8 Å². The maximum absolute atomic E-state index is 12.9. The highest BCUT2D eigenvalue weighted by molar-refractivity contribution is 7.98. The molecule has 2 nitrogen and oxygen atoms in total. The molecule has 1 unspecified atom stereocenters. The second-order valence-electron chi connectivity index (χ2n) is 3.57. The molecule has 0 aliphatic carbocycles. The molecule has 0 heterocycles. The Morgan fingerprint density at radius 2 is 2.31 bits per heavy atom. The third-order valence-corrected chi connectivity index (χ3v) is 3.40. The van der Waals surface area contributed by atoms with E-state index in [4.69, 9.17) is 0 Å². The Kier molecular flexibility index (Phi) is 5.32. The van der Waals surface area contributed by atoms with Crippen molar-refractivity contribution in [2.75, 3.05) is 12.9 Å². The van der Waals surface area contributed by atoms with Crippen molar-refractivity contribution in [2.24, 2.45) is 5.92 Å². The second kappa shape index (κ2) is 6.53. The number of carbonyl (C=O) groups excluding carboxylic acids is 1. The molecule has 0 saturated carbocycles. The molecule has 1 atom stereocenters. The van der Waals surface area contributed by atoms with Gasteiger partial charge >= 0.3 is 5.97 Å². The van der Waals surface area contributed by atoms with E-state index < -0.39 is 0 Å². The van der Waals surface area contributed by atoms with Crippen LogP contribution in [0.3, 0.4) is 0 Å².